The van der Waals surface area contributed by atoms with E-state index in [1.807, 2.05) is 0 Å². The van der Waals surface area contributed by atoms with Gasteiger partial charge in [-0.3, -0.25) is 0 Å². The molecular formula is C23H48O. The molecule has 1 nitrogen and oxygen atoms in total. The van der Waals surface area contributed by atoms with Gasteiger partial charge in [0.1, 0.15) is 0 Å². The number of hydrogen-bond donors (Lipinski definition) is 0. The summed E-state index contributed by atoms with van der Waals surface area (Å²) in [5, 5.41) is 0. The first kappa shape index (κ1) is 24.0. The Kier molecular flexibility index (Phi) is 10.2. The molecule has 0 radical (unpaired) electrons. The van der Waals surface area contributed by atoms with E-state index >= 15 is 0 Å². The molecule has 1 heterocycles. The molecule has 0 aromatic carbocycles. The van der Waals surface area contributed by atoms with Crippen LogP contribution >= 0.6 is 0 Å². The van der Waals surface area contributed by atoms with Gasteiger partial charge in [0.25, 0.3) is 0 Å². The normalized spacial score (nSPS) is 22.5. The van der Waals surface area contributed by atoms with Crippen LogP contribution in [0.5, 0.6) is 0 Å². The predicted octanol–water partition coefficient (Wildman–Crippen LogP) is 7.73. The van der Waals surface area contributed by atoms with Crippen molar-refractivity contribution in [3.8, 4) is 0 Å². The van der Waals surface area contributed by atoms with Crippen molar-refractivity contribution in [1.82, 2.24) is 0 Å². The molecule has 2 fully saturated rings. The van der Waals surface area contributed by atoms with Gasteiger partial charge in [0, 0.05) is 6.61 Å². The van der Waals surface area contributed by atoms with Gasteiger partial charge >= 0.3 is 0 Å². The van der Waals surface area contributed by atoms with E-state index in [2.05, 4.69) is 55.4 Å². The van der Waals surface area contributed by atoms with Crippen LogP contribution in [0.15, 0.2) is 0 Å². The van der Waals surface area contributed by atoms with Crippen molar-refractivity contribution in [1.29, 1.82) is 0 Å². The lowest BCUT2D eigenvalue weighted by Crippen LogP contribution is -2.39. The zero-order chi connectivity index (χ0) is 17.7. The average molecular weight is 341 g/mol. The fourth-order valence-electron chi connectivity index (χ4n) is 5.29. The summed E-state index contributed by atoms with van der Waals surface area (Å²) in [5.74, 6) is 3.06. The maximum Gasteiger partial charge on any atom is 0.0728 e. The quantitative estimate of drug-likeness (QED) is 0.508. The molecule has 1 saturated carbocycles. The highest BCUT2D eigenvalue weighted by Crippen LogP contribution is 2.47. The van der Waals surface area contributed by atoms with Crippen molar-refractivity contribution >= 4 is 0 Å². The summed E-state index contributed by atoms with van der Waals surface area (Å²) < 4.78 is 5.86. The zero-order valence-electron chi connectivity index (χ0n) is 17.4. The molecule has 0 amide bonds. The molecule has 1 heteroatoms. The molecule has 0 bridgehead atoms. The average Bonchev–Trinajstić information content (AvgIpc) is 2.99. The molecule has 146 valence electrons. The standard InChI is InChI=1S/C12H24.C10H20O.CH4/c1-10(2)12(11(3)4)8-6-5-7-9-12;1-8(2)10(9(3)4)6-5-7-11-10;/h10-11H,5-9H2,1-4H3;8-9H,5-7H2,1-4H3;1H4. The van der Waals surface area contributed by atoms with Crippen molar-refractivity contribution in [3.05, 3.63) is 0 Å². The molecule has 24 heavy (non-hydrogen) atoms. The monoisotopic (exact) mass is 340 g/mol. The Bertz CT molecular complexity index is 295. The molecule has 1 aliphatic heterocycles. The summed E-state index contributed by atoms with van der Waals surface area (Å²) in [4.78, 5) is 0. The summed E-state index contributed by atoms with van der Waals surface area (Å²) in [6, 6.07) is 0. The summed E-state index contributed by atoms with van der Waals surface area (Å²) in [6.07, 6.45) is 9.86. The fourth-order valence-corrected chi connectivity index (χ4v) is 5.29. The van der Waals surface area contributed by atoms with Crippen LogP contribution in [0, 0.1) is 29.1 Å². The first-order valence-corrected chi connectivity index (χ1v) is 10.3. The molecule has 2 rings (SSSR count). The van der Waals surface area contributed by atoms with E-state index in [9.17, 15) is 0 Å². The van der Waals surface area contributed by atoms with Crippen molar-refractivity contribution in [3.63, 3.8) is 0 Å². The molecule has 0 aromatic heterocycles. The lowest BCUT2D eigenvalue weighted by Gasteiger charge is -2.44. The second kappa shape index (κ2) is 10.2. The Morgan fingerprint density at radius 1 is 0.583 bits per heavy atom. The number of rotatable bonds is 4. The van der Waals surface area contributed by atoms with Gasteiger partial charge in [0.15, 0.2) is 0 Å². The lowest BCUT2D eigenvalue weighted by atomic mass is 9.61. The molecule has 1 saturated heterocycles. The van der Waals surface area contributed by atoms with E-state index in [0.717, 1.165) is 18.4 Å². The summed E-state index contributed by atoms with van der Waals surface area (Å²) in [7, 11) is 0. The van der Waals surface area contributed by atoms with Crippen LogP contribution in [0.4, 0.5) is 0 Å². The van der Waals surface area contributed by atoms with Gasteiger partial charge in [0.2, 0.25) is 0 Å². The predicted molar refractivity (Wildman–Crippen MR) is 110 cm³/mol. The van der Waals surface area contributed by atoms with E-state index < -0.39 is 0 Å². The van der Waals surface area contributed by atoms with Gasteiger partial charge in [-0.05, 0) is 54.8 Å². The molecule has 1 aliphatic carbocycles. The Morgan fingerprint density at radius 2 is 1.04 bits per heavy atom. The van der Waals surface area contributed by atoms with E-state index in [1.54, 1.807) is 0 Å². The topological polar surface area (TPSA) is 9.23 Å². The van der Waals surface area contributed by atoms with Crippen LogP contribution in [0.3, 0.4) is 0 Å². The highest BCUT2D eigenvalue weighted by Gasteiger charge is 2.41. The third-order valence-electron chi connectivity index (χ3n) is 7.12. The maximum atomic E-state index is 5.86. The van der Waals surface area contributed by atoms with E-state index in [-0.39, 0.29) is 13.0 Å². The van der Waals surface area contributed by atoms with Crippen LogP contribution in [0.1, 0.15) is 108 Å². The molecule has 0 spiro atoms. The maximum absolute atomic E-state index is 5.86. The van der Waals surface area contributed by atoms with Gasteiger partial charge in [-0.25, -0.2) is 0 Å². The van der Waals surface area contributed by atoms with Crippen LogP contribution in [0.2, 0.25) is 0 Å². The summed E-state index contributed by atoms with van der Waals surface area (Å²) in [5.41, 5.74) is 0.873. The van der Waals surface area contributed by atoms with Crippen molar-refractivity contribution in [2.75, 3.05) is 6.61 Å². The second-order valence-electron chi connectivity index (χ2n) is 9.32. The van der Waals surface area contributed by atoms with E-state index in [4.69, 9.17) is 4.74 Å². The number of hydrogen-bond acceptors (Lipinski definition) is 1. The minimum absolute atomic E-state index is 0. The first-order valence-electron chi connectivity index (χ1n) is 10.3. The van der Waals surface area contributed by atoms with Crippen molar-refractivity contribution < 1.29 is 4.74 Å². The zero-order valence-corrected chi connectivity index (χ0v) is 17.4. The van der Waals surface area contributed by atoms with Gasteiger partial charge < -0.3 is 4.74 Å². The largest absolute Gasteiger partial charge is 0.374 e. The van der Waals surface area contributed by atoms with Crippen LogP contribution in [-0.4, -0.2) is 12.2 Å². The van der Waals surface area contributed by atoms with E-state index in [0.29, 0.717) is 17.3 Å². The van der Waals surface area contributed by atoms with Gasteiger partial charge in [0.05, 0.1) is 5.60 Å². The Hall–Kier alpha value is -0.0400. The Balaban J connectivity index is 0.000000425. The van der Waals surface area contributed by atoms with Gasteiger partial charge in [-0.1, -0.05) is 82.1 Å². The summed E-state index contributed by atoms with van der Waals surface area (Å²) >= 11 is 0. The van der Waals surface area contributed by atoms with Crippen molar-refractivity contribution in [2.24, 2.45) is 29.1 Å². The Morgan fingerprint density at radius 3 is 1.25 bits per heavy atom. The fraction of sp³-hybridized carbons (Fsp3) is 1.00. The smallest absolute Gasteiger partial charge is 0.0728 e. The third-order valence-corrected chi connectivity index (χ3v) is 7.12. The molecule has 0 N–H and O–H groups in total. The van der Waals surface area contributed by atoms with E-state index in [1.165, 1.54) is 44.9 Å². The second-order valence-corrected chi connectivity index (χ2v) is 9.32. The SMILES string of the molecule is C.CC(C)C1(C(C)C)CCCCC1.CC(C)C1(C(C)C)CCCO1. The lowest BCUT2D eigenvalue weighted by molar-refractivity contribution is -0.0682. The third kappa shape index (κ3) is 5.23. The van der Waals surface area contributed by atoms with Crippen LogP contribution in [0.25, 0.3) is 0 Å². The molecule has 0 atom stereocenters. The summed E-state index contributed by atoms with van der Waals surface area (Å²) in [6.45, 7) is 19.7. The molecule has 0 unspecified atom stereocenters. The van der Waals surface area contributed by atoms with Gasteiger partial charge in [-0.15, -0.1) is 0 Å². The first-order chi connectivity index (χ1) is 10.7. The molecular weight excluding hydrogens is 292 g/mol. The molecule has 0 aromatic rings. The highest BCUT2D eigenvalue weighted by atomic mass is 16.5. The minimum Gasteiger partial charge on any atom is -0.374 e. The van der Waals surface area contributed by atoms with Crippen LogP contribution in [-0.2, 0) is 4.74 Å². The number of ether oxygens (including phenoxy) is 1. The Labute approximate surface area is 154 Å². The minimum atomic E-state index is 0. The van der Waals surface area contributed by atoms with Crippen molar-refractivity contribution in [2.45, 2.75) is 113 Å². The highest BCUT2D eigenvalue weighted by molar-refractivity contribution is 4.90. The molecule has 2 aliphatic rings. The van der Waals surface area contributed by atoms with Gasteiger partial charge in [-0.2, -0.15) is 0 Å². The van der Waals surface area contributed by atoms with Crippen LogP contribution < -0.4 is 0 Å².